The molecule has 162 valence electrons. The van der Waals surface area contributed by atoms with Crippen LogP contribution in [0.25, 0.3) is 11.0 Å². The van der Waals surface area contributed by atoms with Crippen molar-refractivity contribution in [1.29, 1.82) is 0 Å². The largest absolute Gasteiger partial charge is 0.467 e. The molecule has 1 aliphatic carbocycles. The average molecular weight is 449 g/mol. The lowest BCUT2D eigenvalue weighted by atomic mass is 10.1. The molecule has 5 rings (SSSR count). The minimum atomic E-state index is -0.563. The van der Waals surface area contributed by atoms with Gasteiger partial charge in [-0.1, -0.05) is 12.1 Å². The Balaban J connectivity index is 1.45. The van der Waals surface area contributed by atoms with E-state index in [-0.39, 0.29) is 23.6 Å². The molecule has 1 aliphatic rings. The van der Waals surface area contributed by atoms with Gasteiger partial charge in [0.05, 0.1) is 23.8 Å². The molecule has 2 N–H and O–H groups in total. The summed E-state index contributed by atoms with van der Waals surface area (Å²) < 4.78 is 11.0. The summed E-state index contributed by atoms with van der Waals surface area (Å²) in [5.41, 5.74) is 2.31. The predicted molar refractivity (Wildman–Crippen MR) is 121 cm³/mol. The number of nitrogens with one attached hydrogen (secondary N) is 2. The fourth-order valence-electron chi connectivity index (χ4n) is 4.00. The number of para-hydroxylation sites is 1. The van der Waals surface area contributed by atoms with E-state index in [2.05, 4.69) is 10.6 Å². The summed E-state index contributed by atoms with van der Waals surface area (Å²) in [6.45, 7) is 2.07. The van der Waals surface area contributed by atoms with Gasteiger partial charge in [0.2, 0.25) is 0 Å². The van der Waals surface area contributed by atoms with Crippen molar-refractivity contribution in [2.75, 3.05) is 5.32 Å². The van der Waals surface area contributed by atoms with Crippen LogP contribution in [-0.2, 0) is 19.4 Å². The van der Waals surface area contributed by atoms with Crippen molar-refractivity contribution in [1.82, 2.24) is 5.32 Å². The quantitative estimate of drug-likeness (QED) is 0.470. The zero-order valence-electron chi connectivity index (χ0n) is 17.3. The Bertz CT molecular complexity index is 1400. The van der Waals surface area contributed by atoms with Crippen LogP contribution < -0.4 is 16.1 Å². The second-order valence-electron chi connectivity index (χ2n) is 7.70. The smallest absolute Gasteiger partial charge is 0.292 e. The van der Waals surface area contributed by atoms with Gasteiger partial charge in [-0.25, -0.2) is 0 Å². The van der Waals surface area contributed by atoms with E-state index in [0.29, 0.717) is 27.3 Å². The maximum absolute atomic E-state index is 13.0. The molecule has 4 aromatic rings. The van der Waals surface area contributed by atoms with Crippen molar-refractivity contribution < 1.29 is 18.4 Å². The molecule has 0 unspecified atom stereocenters. The van der Waals surface area contributed by atoms with Crippen LogP contribution in [0.2, 0.25) is 0 Å². The Morgan fingerprint density at radius 3 is 2.81 bits per heavy atom. The van der Waals surface area contributed by atoms with Crippen molar-refractivity contribution >= 4 is 39.1 Å². The van der Waals surface area contributed by atoms with Crippen molar-refractivity contribution in [3.8, 4) is 0 Å². The number of carbonyl (C=O) groups excluding carboxylic acids is 2. The SMILES string of the molecule is Cc1cccc2c(=O)cc(C(=O)Nc3sc4c(c3C(=O)NCc3ccco3)CCC4)oc12. The van der Waals surface area contributed by atoms with E-state index in [4.69, 9.17) is 8.83 Å². The van der Waals surface area contributed by atoms with Gasteiger partial charge in [0, 0.05) is 10.9 Å². The van der Waals surface area contributed by atoms with E-state index in [0.717, 1.165) is 35.3 Å². The Labute approximate surface area is 187 Å². The molecule has 0 aliphatic heterocycles. The first-order chi connectivity index (χ1) is 15.5. The van der Waals surface area contributed by atoms with Crippen LogP contribution >= 0.6 is 11.3 Å². The van der Waals surface area contributed by atoms with Crippen LogP contribution in [-0.4, -0.2) is 11.8 Å². The third kappa shape index (κ3) is 3.62. The van der Waals surface area contributed by atoms with Crippen molar-refractivity contribution in [2.45, 2.75) is 32.7 Å². The number of rotatable bonds is 5. The highest BCUT2D eigenvalue weighted by Gasteiger charge is 2.28. The molecule has 1 aromatic carbocycles. The summed E-state index contributed by atoms with van der Waals surface area (Å²) in [4.78, 5) is 39.6. The van der Waals surface area contributed by atoms with E-state index >= 15 is 0 Å². The standard InChI is InChI=1S/C24H20N2O5S/c1-13-5-2-7-15-17(27)11-18(31-21(13)15)22(28)26-24-20(16-8-3-9-19(16)32-24)23(29)25-12-14-6-4-10-30-14/h2,4-7,10-11H,3,8-9,12H2,1H3,(H,25,29)(H,26,28). The van der Waals surface area contributed by atoms with Gasteiger partial charge in [-0.2, -0.15) is 0 Å². The summed E-state index contributed by atoms with van der Waals surface area (Å²) in [6, 6.07) is 9.99. The Kier molecular flexibility index (Phi) is 5.14. The number of hydrogen-bond donors (Lipinski definition) is 2. The van der Waals surface area contributed by atoms with Crippen LogP contribution in [0.5, 0.6) is 0 Å². The van der Waals surface area contributed by atoms with Crippen molar-refractivity contribution in [3.05, 3.63) is 86.0 Å². The van der Waals surface area contributed by atoms with Crippen LogP contribution in [0.15, 0.2) is 56.3 Å². The molecule has 0 saturated heterocycles. The maximum atomic E-state index is 13.0. The lowest BCUT2D eigenvalue weighted by molar-refractivity contribution is 0.0948. The topological polar surface area (TPSA) is 102 Å². The molecule has 2 amide bonds. The minimum Gasteiger partial charge on any atom is -0.467 e. The molecule has 0 fully saturated rings. The van der Waals surface area contributed by atoms with E-state index in [9.17, 15) is 14.4 Å². The van der Waals surface area contributed by atoms with Crippen LogP contribution in [0, 0.1) is 6.92 Å². The molecule has 32 heavy (non-hydrogen) atoms. The van der Waals surface area contributed by atoms with Gasteiger partial charge in [-0.15, -0.1) is 11.3 Å². The van der Waals surface area contributed by atoms with E-state index in [1.807, 2.05) is 13.0 Å². The summed E-state index contributed by atoms with van der Waals surface area (Å²) in [6.07, 6.45) is 4.19. The number of fused-ring (bicyclic) bond motifs is 2. The Hall–Kier alpha value is -3.65. The number of furan rings is 1. The van der Waals surface area contributed by atoms with Gasteiger partial charge < -0.3 is 19.5 Å². The molecular formula is C24H20N2O5S. The second-order valence-corrected chi connectivity index (χ2v) is 8.81. The Morgan fingerprint density at radius 1 is 1.12 bits per heavy atom. The molecule has 0 spiro atoms. The zero-order chi connectivity index (χ0) is 22.2. The second kappa shape index (κ2) is 8.12. The molecule has 3 heterocycles. The first-order valence-corrected chi connectivity index (χ1v) is 11.1. The first-order valence-electron chi connectivity index (χ1n) is 10.3. The number of amides is 2. The first kappa shape index (κ1) is 20.3. The van der Waals surface area contributed by atoms with E-state index in [1.54, 1.807) is 30.5 Å². The molecule has 0 saturated carbocycles. The maximum Gasteiger partial charge on any atom is 0.292 e. The summed E-state index contributed by atoms with van der Waals surface area (Å²) in [7, 11) is 0. The summed E-state index contributed by atoms with van der Waals surface area (Å²) in [5.74, 6) is -0.282. The van der Waals surface area contributed by atoms with Crippen molar-refractivity contribution in [2.24, 2.45) is 0 Å². The minimum absolute atomic E-state index is 0.0905. The lowest BCUT2D eigenvalue weighted by Crippen LogP contribution is -2.25. The highest BCUT2D eigenvalue weighted by Crippen LogP contribution is 2.39. The molecule has 8 heteroatoms. The third-order valence-electron chi connectivity index (χ3n) is 5.55. The van der Waals surface area contributed by atoms with E-state index in [1.165, 1.54) is 17.4 Å². The van der Waals surface area contributed by atoms with Crippen LogP contribution in [0.1, 0.15) is 49.1 Å². The molecular weight excluding hydrogens is 428 g/mol. The molecule has 0 bridgehead atoms. The van der Waals surface area contributed by atoms with Crippen LogP contribution in [0.3, 0.4) is 0 Å². The lowest BCUT2D eigenvalue weighted by Gasteiger charge is -2.09. The third-order valence-corrected chi connectivity index (χ3v) is 6.76. The van der Waals surface area contributed by atoms with Gasteiger partial charge in [0.1, 0.15) is 16.3 Å². The molecule has 0 atom stereocenters. The van der Waals surface area contributed by atoms with E-state index < -0.39 is 5.91 Å². The highest BCUT2D eigenvalue weighted by atomic mass is 32.1. The number of aryl methyl sites for hydroxylation is 2. The predicted octanol–water partition coefficient (Wildman–Crippen LogP) is 4.43. The molecule has 3 aromatic heterocycles. The highest BCUT2D eigenvalue weighted by molar-refractivity contribution is 7.17. The van der Waals surface area contributed by atoms with Gasteiger partial charge in [0.25, 0.3) is 11.8 Å². The van der Waals surface area contributed by atoms with Gasteiger partial charge in [-0.3, -0.25) is 14.4 Å². The summed E-state index contributed by atoms with van der Waals surface area (Å²) >= 11 is 1.40. The van der Waals surface area contributed by atoms with Gasteiger partial charge in [0.15, 0.2) is 11.2 Å². The summed E-state index contributed by atoms with van der Waals surface area (Å²) in [5, 5.41) is 6.55. The number of carbonyl (C=O) groups is 2. The number of anilines is 1. The number of thiophene rings is 1. The monoisotopic (exact) mass is 448 g/mol. The molecule has 0 radical (unpaired) electrons. The number of hydrogen-bond acceptors (Lipinski definition) is 6. The zero-order valence-corrected chi connectivity index (χ0v) is 18.1. The number of benzene rings is 1. The van der Waals surface area contributed by atoms with Gasteiger partial charge >= 0.3 is 0 Å². The van der Waals surface area contributed by atoms with Crippen LogP contribution in [0.4, 0.5) is 5.00 Å². The van der Waals surface area contributed by atoms with Gasteiger partial charge in [-0.05, 0) is 55.5 Å². The normalized spacial score (nSPS) is 12.7. The fourth-order valence-corrected chi connectivity index (χ4v) is 5.28. The fraction of sp³-hybridized carbons (Fsp3) is 0.208. The Morgan fingerprint density at radius 2 is 2.00 bits per heavy atom. The average Bonchev–Trinajstić information content (AvgIpc) is 3.50. The molecule has 7 nitrogen and oxygen atoms in total. The van der Waals surface area contributed by atoms with Crippen molar-refractivity contribution in [3.63, 3.8) is 0 Å².